The molecule has 0 aromatic carbocycles. The lowest BCUT2D eigenvalue weighted by Crippen LogP contribution is -2.58. The predicted octanol–water partition coefficient (Wildman–Crippen LogP) is 2.21. The number of likely N-dealkylation sites (tertiary alicyclic amines) is 1. The Morgan fingerprint density at radius 1 is 0.900 bits per heavy atom. The summed E-state index contributed by atoms with van der Waals surface area (Å²) in [7, 11) is -3.06. The lowest BCUT2D eigenvalue weighted by molar-refractivity contribution is 0.102. The second kappa shape index (κ2) is 5.58. The van der Waals surface area contributed by atoms with Gasteiger partial charge in [-0.15, -0.1) is 0 Å². The maximum absolute atomic E-state index is 13.0. The van der Waals surface area contributed by atoms with Crippen molar-refractivity contribution in [3.63, 3.8) is 0 Å². The SMILES string of the molecule is CC(C)N1CC2CCC(C1)N2S(=O)(=O)C1CCCCC1. The van der Waals surface area contributed by atoms with Crippen LogP contribution in [-0.4, -0.2) is 54.1 Å². The van der Waals surface area contributed by atoms with Gasteiger partial charge in [0, 0.05) is 31.2 Å². The lowest BCUT2D eigenvalue weighted by Gasteiger charge is -2.43. The molecule has 5 heteroatoms. The molecule has 4 nitrogen and oxygen atoms in total. The summed E-state index contributed by atoms with van der Waals surface area (Å²) in [5.41, 5.74) is 0. The third kappa shape index (κ3) is 2.53. The molecule has 3 rings (SSSR count). The normalized spacial score (nSPS) is 34.0. The van der Waals surface area contributed by atoms with E-state index in [1.165, 1.54) is 6.42 Å². The number of nitrogens with zero attached hydrogens (tertiary/aromatic N) is 2. The van der Waals surface area contributed by atoms with Crippen molar-refractivity contribution in [1.82, 2.24) is 9.21 Å². The highest BCUT2D eigenvalue weighted by Crippen LogP contribution is 2.37. The molecule has 1 saturated carbocycles. The molecule has 0 aromatic heterocycles. The van der Waals surface area contributed by atoms with Gasteiger partial charge in [-0.2, -0.15) is 4.31 Å². The quantitative estimate of drug-likeness (QED) is 0.802. The Kier molecular flexibility index (Phi) is 4.13. The smallest absolute Gasteiger partial charge is 0.217 e. The third-order valence-corrected chi connectivity index (χ3v) is 7.94. The van der Waals surface area contributed by atoms with Crippen LogP contribution in [0.25, 0.3) is 0 Å². The summed E-state index contributed by atoms with van der Waals surface area (Å²) in [6, 6.07) is 1.00. The van der Waals surface area contributed by atoms with Gasteiger partial charge >= 0.3 is 0 Å². The summed E-state index contributed by atoms with van der Waals surface area (Å²) in [5.74, 6) is 0. The Morgan fingerprint density at radius 3 is 1.95 bits per heavy atom. The van der Waals surface area contributed by atoms with Crippen LogP contribution in [0.4, 0.5) is 0 Å². The molecule has 0 radical (unpaired) electrons. The van der Waals surface area contributed by atoms with E-state index in [-0.39, 0.29) is 17.3 Å². The fourth-order valence-electron chi connectivity index (χ4n) is 4.27. The Morgan fingerprint density at radius 2 is 1.45 bits per heavy atom. The highest BCUT2D eigenvalue weighted by molar-refractivity contribution is 7.89. The van der Waals surface area contributed by atoms with Crippen LogP contribution in [0, 0.1) is 0 Å². The molecule has 0 N–H and O–H groups in total. The van der Waals surface area contributed by atoms with Crippen molar-refractivity contribution < 1.29 is 8.42 Å². The number of rotatable bonds is 3. The van der Waals surface area contributed by atoms with Crippen molar-refractivity contribution in [2.75, 3.05) is 13.1 Å². The van der Waals surface area contributed by atoms with Crippen molar-refractivity contribution in [1.29, 1.82) is 0 Å². The van der Waals surface area contributed by atoms with Gasteiger partial charge in [0.25, 0.3) is 0 Å². The standard InChI is InChI=1S/C15H28N2O2S/c1-12(2)16-10-13-8-9-14(11-16)17(13)20(18,19)15-6-4-3-5-7-15/h12-15H,3-11H2,1-2H3. The maximum Gasteiger partial charge on any atom is 0.217 e. The molecule has 3 fully saturated rings. The number of hydrogen-bond donors (Lipinski definition) is 0. The molecular formula is C15H28N2O2S. The van der Waals surface area contributed by atoms with E-state index < -0.39 is 10.0 Å². The Bertz CT molecular complexity index is 429. The first-order chi connectivity index (χ1) is 9.50. The van der Waals surface area contributed by atoms with E-state index in [4.69, 9.17) is 0 Å². The van der Waals surface area contributed by atoms with Crippen LogP contribution in [0.3, 0.4) is 0 Å². The van der Waals surface area contributed by atoms with Gasteiger partial charge < -0.3 is 0 Å². The summed E-state index contributed by atoms with van der Waals surface area (Å²) in [6.45, 7) is 6.29. The molecule has 2 saturated heterocycles. The molecule has 0 spiro atoms. The van der Waals surface area contributed by atoms with Gasteiger partial charge in [0.15, 0.2) is 0 Å². The number of hydrogen-bond acceptors (Lipinski definition) is 3. The maximum atomic E-state index is 13.0. The zero-order chi connectivity index (χ0) is 14.3. The zero-order valence-corrected chi connectivity index (χ0v) is 13.6. The monoisotopic (exact) mass is 300 g/mol. The first kappa shape index (κ1) is 14.8. The number of piperazine rings is 1. The first-order valence-electron chi connectivity index (χ1n) is 8.26. The Hall–Kier alpha value is -0.130. The summed E-state index contributed by atoms with van der Waals surface area (Å²) in [5, 5.41) is -0.0926. The molecular weight excluding hydrogens is 272 g/mol. The van der Waals surface area contributed by atoms with Crippen molar-refractivity contribution in [3.8, 4) is 0 Å². The topological polar surface area (TPSA) is 40.6 Å². The van der Waals surface area contributed by atoms with E-state index >= 15 is 0 Å². The van der Waals surface area contributed by atoms with Crippen molar-refractivity contribution in [3.05, 3.63) is 0 Å². The van der Waals surface area contributed by atoms with Gasteiger partial charge in [0.05, 0.1) is 5.25 Å². The molecule has 116 valence electrons. The van der Waals surface area contributed by atoms with Crippen LogP contribution in [0.5, 0.6) is 0 Å². The van der Waals surface area contributed by atoms with E-state index in [1.807, 2.05) is 4.31 Å². The third-order valence-electron chi connectivity index (χ3n) is 5.44. The summed E-state index contributed by atoms with van der Waals surface area (Å²) < 4.78 is 27.9. The summed E-state index contributed by atoms with van der Waals surface area (Å²) in [6.07, 6.45) is 7.26. The average Bonchev–Trinajstić information content (AvgIpc) is 2.71. The van der Waals surface area contributed by atoms with Gasteiger partial charge in [-0.1, -0.05) is 19.3 Å². The van der Waals surface area contributed by atoms with Gasteiger partial charge in [0.1, 0.15) is 0 Å². The highest BCUT2D eigenvalue weighted by atomic mass is 32.2. The molecule has 1 aliphatic carbocycles. The van der Waals surface area contributed by atoms with Crippen LogP contribution >= 0.6 is 0 Å². The Balaban J connectivity index is 1.77. The average molecular weight is 300 g/mol. The van der Waals surface area contributed by atoms with Crippen LogP contribution in [0.2, 0.25) is 0 Å². The second-order valence-electron chi connectivity index (χ2n) is 7.07. The minimum atomic E-state index is -3.06. The molecule has 2 atom stereocenters. The zero-order valence-electron chi connectivity index (χ0n) is 12.8. The largest absolute Gasteiger partial charge is 0.298 e. The van der Waals surface area contributed by atoms with Crippen LogP contribution in [0.1, 0.15) is 58.8 Å². The van der Waals surface area contributed by atoms with Crippen LogP contribution in [0.15, 0.2) is 0 Å². The van der Waals surface area contributed by atoms with Gasteiger partial charge in [-0.05, 0) is 39.5 Å². The minimum Gasteiger partial charge on any atom is -0.298 e. The van der Waals surface area contributed by atoms with Gasteiger partial charge in [-0.25, -0.2) is 8.42 Å². The van der Waals surface area contributed by atoms with E-state index in [0.717, 1.165) is 51.6 Å². The number of sulfonamides is 1. The lowest BCUT2D eigenvalue weighted by atomic mass is 10.0. The van der Waals surface area contributed by atoms with Gasteiger partial charge in [-0.3, -0.25) is 4.90 Å². The number of fused-ring (bicyclic) bond motifs is 2. The molecule has 3 aliphatic rings. The summed E-state index contributed by atoms with van der Waals surface area (Å²) in [4.78, 5) is 2.45. The van der Waals surface area contributed by atoms with Crippen LogP contribution in [-0.2, 0) is 10.0 Å². The summed E-state index contributed by atoms with van der Waals surface area (Å²) >= 11 is 0. The highest BCUT2D eigenvalue weighted by Gasteiger charge is 2.48. The van der Waals surface area contributed by atoms with Crippen molar-refractivity contribution >= 4 is 10.0 Å². The molecule has 0 aromatic rings. The fourth-order valence-corrected chi connectivity index (χ4v) is 6.72. The molecule has 2 heterocycles. The fraction of sp³-hybridized carbons (Fsp3) is 1.00. The van der Waals surface area contributed by atoms with Crippen molar-refractivity contribution in [2.45, 2.75) is 82.2 Å². The molecule has 2 aliphatic heterocycles. The molecule has 0 amide bonds. The van der Waals surface area contributed by atoms with Gasteiger partial charge in [0.2, 0.25) is 10.0 Å². The van der Waals surface area contributed by atoms with Crippen molar-refractivity contribution in [2.24, 2.45) is 0 Å². The molecule has 2 bridgehead atoms. The van der Waals surface area contributed by atoms with E-state index in [9.17, 15) is 8.42 Å². The minimum absolute atomic E-state index is 0.0926. The van der Waals surface area contributed by atoms with E-state index in [1.54, 1.807) is 0 Å². The molecule has 20 heavy (non-hydrogen) atoms. The molecule has 2 unspecified atom stereocenters. The van der Waals surface area contributed by atoms with E-state index in [0.29, 0.717) is 6.04 Å². The first-order valence-corrected chi connectivity index (χ1v) is 9.77. The van der Waals surface area contributed by atoms with Crippen LogP contribution < -0.4 is 0 Å². The second-order valence-corrected chi connectivity index (χ2v) is 9.19. The van der Waals surface area contributed by atoms with E-state index in [2.05, 4.69) is 18.7 Å². The predicted molar refractivity (Wildman–Crippen MR) is 81.2 cm³/mol. The Labute approximate surface area is 123 Å².